The van der Waals surface area contributed by atoms with Crippen LogP contribution in [0.4, 0.5) is 0 Å². The van der Waals surface area contributed by atoms with E-state index in [0.717, 1.165) is 0 Å². The van der Waals surface area contributed by atoms with Crippen molar-refractivity contribution in [2.75, 3.05) is 99.6 Å². The molecular weight excluding hydrogens is 916 g/mol. The lowest BCUT2D eigenvalue weighted by molar-refractivity contribution is -0.252. The molecule has 25 heteroatoms. The molecule has 0 amide bonds. The van der Waals surface area contributed by atoms with Gasteiger partial charge in [0.05, 0.1) is 166 Å². The monoisotopic (exact) mass is 994 g/mol. The Labute approximate surface area is 394 Å². The molecule has 0 bridgehead atoms. The van der Waals surface area contributed by atoms with Gasteiger partial charge in [-0.05, 0) is 6.42 Å². The predicted octanol–water partition coefficient (Wildman–Crippen LogP) is -8.01. The first kappa shape index (κ1) is 57.9. The van der Waals surface area contributed by atoms with E-state index in [2.05, 4.69) is 0 Å². The second-order valence-electron chi connectivity index (χ2n) is 18.6. The summed E-state index contributed by atoms with van der Waals surface area (Å²) in [5.74, 6) is -4.30. The highest BCUT2D eigenvalue weighted by molar-refractivity contribution is 4.97. The van der Waals surface area contributed by atoms with E-state index in [1.54, 1.807) is 6.92 Å². The first-order valence-electron chi connectivity index (χ1n) is 23.5. The Hall–Kier alpha value is -1.00. The molecule has 0 spiro atoms. The van der Waals surface area contributed by atoms with Gasteiger partial charge in [0.15, 0.2) is 0 Å². The number of aliphatic hydroxyl groups is 15. The van der Waals surface area contributed by atoms with Gasteiger partial charge < -0.3 is 124 Å². The van der Waals surface area contributed by atoms with Crippen molar-refractivity contribution in [3.63, 3.8) is 0 Å². The molecular formula is C43H78O25. The summed E-state index contributed by atoms with van der Waals surface area (Å²) >= 11 is 0. The molecule has 25 atom stereocenters. The van der Waals surface area contributed by atoms with E-state index in [0.29, 0.717) is 6.42 Å². The van der Waals surface area contributed by atoms with Crippen LogP contribution in [0.25, 0.3) is 0 Å². The number of rotatable bonds is 23. The van der Waals surface area contributed by atoms with Crippen molar-refractivity contribution in [2.45, 2.75) is 142 Å². The molecule has 5 aliphatic heterocycles. The zero-order chi connectivity index (χ0) is 49.8. The average Bonchev–Trinajstić information content (AvgIpc) is 3.33. The second kappa shape index (κ2) is 27.9. The standard InChI is InChI=1S/C43H78O25/c1-3-20-26(5-44)64-10-19(4-25(49)35(20)50)63-14-24-30(9-48)68-34(43(58)39(24)54)18-62-13-23-29(8-47)67-33(42(57)38(23)53)17-61-12-22-28(7-46)66-32(41(56)37(22)52)16-60-11-21-27(6-45)65-31(15-59-2)40(55)36(21)51/h19-58H,3-18H2,1-2H3/t19?,20-,21-,22-,23-,24-,25?,26?,27?,28?,29?,30?,31-,32-,33-,34-,35?,36?,37?,38?,39?,40?,41?,42?,43?/m1/s1. The predicted molar refractivity (Wildman–Crippen MR) is 226 cm³/mol. The summed E-state index contributed by atoms with van der Waals surface area (Å²) in [6.45, 7) is -3.04. The Morgan fingerprint density at radius 2 is 0.721 bits per heavy atom. The van der Waals surface area contributed by atoms with Crippen LogP contribution in [0.1, 0.15) is 19.8 Å². The lowest BCUT2D eigenvalue weighted by Crippen LogP contribution is -2.60. The maximum Gasteiger partial charge on any atom is 0.110 e. The van der Waals surface area contributed by atoms with Gasteiger partial charge in [0.25, 0.3) is 0 Å². The smallest absolute Gasteiger partial charge is 0.110 e. The summed E-state index contributed by atoms with van der Waals surface area (Å²) in [6.07, 6.45) is -23.7. The largest absolute Gasteiger partial charge is 0.394 e. The van der Waals surface area contributed by atoms with Gasteiger partial charge in [-0.25, -0.2) is 0 Å². The lowest BCUT2D eigenvalue weighted by Gasteiger charge is -2.44. The van der Waals surface area contributed by atoms with Crippen molar-refractivity contribution in [1.82, 2.24) is 0 Å². The first-order valence-corrected chi connectivity index (χ1v) is 23.5. The summed E-state index contributed by atoms with van der Waals surface area (Å²) in [6, 6.07) is 0. The highest BCUT2D eigenvalue weighted by Crippen LogP contribution is 2.33. The third kappa shape index (κ3) is 14.0. The summed E-state index contributed by atoms with van der Waals surface area (Å²) in [5.41, 5.74) is 0. The van der Waals surface area contributed by atoms with Crippen molar-refractivity contribution in [1.29, 1.82) is 0 Å². The Kier molecular flexibility index (Phi) is 23.7. The van der Waals surface area contributed by atoms with Gasteiger partial charge >= 0.3 is 0 Å². The van der Waals surface area contributed by atoms with E-state index in [1.807, 2.05) is 0 Å². The molecule has 25 nitrogen and oxygen atoms in total. The summed E-state index contributed by atoms with van der Waals surface area (Å²) in [4.78, 5) is 0. The maximum atomic E-state index is 11.1. The Morgan fingerprint density at radius 3 is 1.04 bits per heavy atom. The number of ether oxygens (including phenoxy) is 10. The van der Waals surface area contributed by atoms with Crippen LogP contribution in [0, 0.1) is 29.6 Å². The molecule has 5 heterocycles. The number of hydrogen-bond donors (Lipinski definition) is 15. The van der Waals surface area contributed by atoms with E-state index in [9.17, 15) is 76.6 Å². The molecule has 68 heavy (non-hydrogen) atoms. The summed E-state index contributed by atoms with van der Waals surface area (Å²) < 4.78 is 57.2. The number of aliphatic hydroxyl groups excluding tert-OH is 15. The van der Waals surface area contributed by atoms with E-state index in [4.69, 9.17) is 47.4 Å². The van der Waals surface area contributed by atoms with Gasteiger partial charge in [-0.1, -0.05) is 6.92 Å². The van der Waals surface area contributed by atoms with Crippen LogP contribution in [0.2, 0.25) is 0 Å². The average molecular weight is 995 g/mol. The zero-order valence-corrected chi connectivity index (χ0v) is 38.5. The summed E-state index contributed by atoms with van der Waals surface area (Å²) in [5, 5.41) is 159. The normalized spacial score (nSPS) is 46.3. The molecule has 0 saturated carbocycles. The van der Waals surface area contributed by atoms with Crippen LogP contribution in [-0.2, 0) is 47.4 Å². The molecule has 0 aromatic rings. The Balaban J connectivity index is 1.06. The van der Waals surface area contributed by atoms with Crippen LogP contribution < -0.4 is 0 Å². The van der Waals surface area contributed by atoms with Crippen LogP contribution in [-0.4, -0.2) is 298 Å². The van der Waals surface area contributed by atoms with Crippen molar-refractivity contribution < 1.29 is 124 Å². The number of methoxy groups -OCH3 is 1. The molecule has 0 aromatic heterocycles. The van der Waals surface area contributed by atoms with Crippen molar-refractivity contribution in [3.8, 4) is 0 Å². The third-order valence-corrected chi connectivity index (χ3v) is 14.3. The third-order valence-electron chi connectivity index (χ3n) is 14.3. The van der Waals surface area contributed by atoms with E-state index in [1.165, 1.54) is 7.11 Å². The molecule has 400 valence electrons. The molecule has 5 saturated heterocycles. The molecule has 0 aliphatic carbocycles. The molecule has 0 radical (unpaired) electrons. The number of hydrogen-bond acceptors (Lipinski definition) is 25. The molecule has 5 rings (SSSR count). The van der Waals surface area contributed by atoms with Gasteiger partial charge in [0.1, 0.15) is 48.8 Å². The minimum absolute atomic E-state index is 0.0172. The quantitative estimate of drug-likeness (QED) is 0.0452. The fourth-order valence-electron chi connectivity index (χ4n) is 10.0. The van der Waals surface area contributed by atoms with Crippen molar-refractivity contribution >= 4 is 0 Å². The molecule has 0 aromatic carbocycles. The van der Waals surface area contributed by atoms with E-state index < -0.39 is 178 Å². The molecule has 15 N–H and O–H groups in total. The van der Waals surface area contributed by atoms with E-state index in [-0.39, 0.29) is 72.5 Å². The second-order valence-corrected chi connectivity index (χ2v) is 18.6. The lowest BCUT2D eigenvalue weighted by atomic mass is 9.86. The minimum Gasteiger partial charge on any atom is -0.394 e. The Bertz CT molecular complexity index is 1400. The van der Waals surface area contributed by atoms with Crippen molar-refractivity contribution in [3.05, 3.63) is 0 Å². The minimum atomic E-state index is -1.57. The highest BCUT2D eigenvalue weighted by Gasteiger charge is 2.50. The first-order chi connectivity index (χ1) is 32.6. The molecule has 5 aliphatic rings. The van der Waals surface area contributed by atoms with Gasteiger partial charge in [-0.3, -0.25) is 0 Å². The van der Waals surface area contributed by atoms with Crippen LogP contribution in [0.3, 0.4) is 0 Å². The zero-order valence-electron chi connectivity index (χ0n) is 38.5. The van der Waals surface area contributed by atoms with Crippen LogP contribution in [0.15, 0.2) is 0 Å². The van der Waals surface area contributed by atoms with E-state index >= 15 is 0 Å². The SMILES string of the molecule is CC[C@@H]1C(CO)OCC(OC[C@@H]2C(CO)O[C@H](COC[C@@H]3C(CO)O[C@H](COC[C@@H]4C(CO)O[C@H](COC[C@@H]5C(CO)O[C@H](COC)C(O)C5O)C(O)C4O)C(O)C3O)C(O)C2O)CC(O)C1O. The van der Waals surface area contributed by atoms with Gasteiger partial charge in [0.2, 0.25) is 0 Å². The van der Waals surface area contributed by atoms with Crippen LogP contribution in [0.5, 0.6) is 0 Å². The molecule has 5 fully saturated rings. The highest BCUT2D eigenvalue weighted by atomic mass is 16.6. The fourth-order valence-corrected chi connectivity index (χ4v) is 10.0. The van der Waals surface area contributed by atoms with Gasteiger partial charge in [-0.15, -0.1) is 0 Å². The van der Waals surface area contributed by atoms with Crippen molar-refractivity contribution in [2.24, 2.45) is 29.6 Å². The fraction of sp³-hybridized carbons (Fsp3) is 1.00. The maximum absolute atomic E-state index is 11.1. The molecule has 16 unspecified atom stereocenters. The van der Waals surface area contributed by atoms with Crippen LogP contribution >= 0.6 is 0 Å². The van der Waals surface area contributed by atoms with Gasteiger partial charge in [0, 0.05) is 43.1 Å². The topological polar surface area (TPSA) is 396 Å². The van der Waals surface area contributed by atoms with Gasteiger partial charge in [-0.2, -0.15) is 0 Å². The summed E-state index contributed by atoms with van der Waals surface area (Å²) in [7, 11) is 1.40. The Morgan fingerprint density at radius 1 is 0.382 bits per heavy atom.